The van der Waals surface area contributed by atoms with Crippen molar-refractivity contribution in [3.63, 3.8) is 0 Å². The van der Waals surface area contributed by atoms with E-state index in [4.69, 9.17) is 14.2 Å². The molecular formula is C24H36N2O7. The van der Waals surface area contributed by atoms with Crippen LogP contribution in [0.4, 0.5) is 5.69 Å². The van der Waals surface area contributed by atoms with Crippen LogP contribution in [0.15, 0.2) is 30.3 Å². The quantitative estimate of drug-likeness (QED) is 0.532. The Bertz CT molecular complexity index is 805. The molecule has 184 valence electrons. The third-order valence-corrected chi connectivity index (χ3v) is 4.92. The van der Waals surface area contributed by atoms with E-state index in [0.717, 1.165) is 5.69 Å². The first-order valence-corrected chi connectivity index (χ1v) is 11.2. The molecule has 2 N–H and O–H groups in total. The zero-order valence-corrected chi connectivity index (χ0v) is 20.2. The fourth-order valence-corrected chi connectivity index (χ4v) is 3.62. The van der Waals surface area contributed by atoms with Gasteiger partial charge in [-0.2, -0.15) is 0 Å². The van der Waals surface area contributed by atoms with Gasteiger partial charge in [0.05, 0.1) is 18.3 Å². The Balaban J connectivity index is 2.21. The molecule has 1 heterocycles. The lowest BCUT2D eigenvalue weighted by molar-refractivity contribution is -0.163. The molecule has 0 unspecified atom stereocenters. The first-order chi connectivity index (χ1) is 15.4. The Morgan fingerprint density at radius 1 is 1.15 bits per heavy atom. The zero-order valence-electron chi connectivity index (χ0n) is 20.2. The predicted octanol–water partition coefficient (Wildman–Crippen LogP) is 1.81. The number of para-hydroxylation sites is 1. The van der Waals surface area contributed by atoms with Crippen molar-refractivity contribution in [2.45, 2.75) is 84.0 Å². The van der Waals surface area contributed by atoms with E-state index in [-0.39, 0.29) is 6.61 Å². The van der Waals surface area contributed by atoms with E-state index < -0.39 is 53.8 Å². The summed E-state index contributed by atoms with van der Waals surface area (Å²) in [7, 11) is 0. The molecule has 1 amide bonds. The van der Waals surface area contributed by atoms with E-state index >= 15 is 0 Å². The molecule has 0 saturated carbocycles. The summed E-state index contributed by atoms with van der Waals surface area (Å²) in [6, 6.07) is 7.28. The summed E-state index contributed by atoms with van der Waals surface area (Å²) in [5.74, 6) is -1.75. The lowest BCUT2D eigenvalue weighted by Gasteiger charge is -2.31. The van der Waals surface area contributed by atoms with Crippen molar-refractivity contribution in [3.8, 4) is 0 Å². The number of amides is 1. The van der Waals surface area contributed by atoms with Gasteiger partial charge < -0.3 is 29.5 Å². The molecule has 1 aliphatic heterocycles. The van der Waals surface area contributed by atoms with E-state index in [0.29, 0.717) is 13.0 Å². The molecule has 4 atom stereocenters. The summed E-state index contributed by atoms with van der Waals surface area (Å²) in [5.41, 5.74) is 0.156. The number of aliphatic hydroxyl groups excluding tert-OH is 1. The molecule has 0 aliphatic carbocycles. The number of carbonyl (C=O) groups excluding carboxylic acids is 3. The van der Waals surface area contributed by atoms with Gasteiger partial charge >= 0.3 is 11.9 Å². The second kappa shape index (κ2) is 11.5. The van der Waals surface area contributed by atoms with E-state index in [9.17, 15) is 19.5 Å². The number of anilines is 1. The molecular weight excluding hydrogens is 428 g/mol. The van der Waals surface area contributed by atoms with Gasteiger partial charge in [-0.05, 0) is 60.1 Å². The normalized spacial score (nSPS) is 20.3. The molecule has 0 radical (unpaired) electrons. The Morgan fingerprint density at radius 3 is 2.33 bits per heavy atom. The van der Waals surface area contributed by atoms with Crippen LogP contribution in [0, 0.1) is 0 Å². The maximum absolute atomic E-state index is 13.4. The topological polar surface area (TPSA) is 114 Å². The summed E-state index contributed by atoms with van der Waals surface area (Å²) in [6.45, 7) is 10.3. The number of hydrogen-bond acceptors (Lipinski definition) is 8. The van der Waals surface area contributed by atoms with Gasteiger partial charge in [-0.25, -0.2) is 9.59 Å². The van der Waals surface area contributed by atoms with E-state index in [1.54, 1.807) is 34.6 Å². The van der Waals surface area contributed by atoms with Crippen LogP contribution in [-0.2, 0) is 28.6 Å². The molecule has 33 heavy (non-hydrogen) atoms. The molecule has 9 heteroatoms. The Morgan fingerprint density at radius 2 is 1.79 bits per heavy atom. The SMILES string of the molecule is CC(C)OC(=O)[C@@H](NC(=O)[C@@H]1[C@@H](OCC(=O)OC(C)(C)C)CCN1c1ccccc1)[C@@H](C)O. The summed E-state index contributed by atoms with van der Waals surface area (Å²) in [5, 5.41) is 12.7. The summed E-state index contributed by atoms with van der Waals surface area (Å²) >= 11 is 0. The average Bonchev–Trinajstić information content (AvgIpc) is 3.13. The van der Waals surface area contributed by atoms with Gasteiger partial charge in [0, 0.05) is 12.2 Å². The van der Waals surface area contributed by atoms with Gasteiger partial charge in [-0.1, -0.05) is 18.2 Å². The molecule has 1 aliphatic rings. The minimum atomic E-state index is -1.23. The number of ether oxygens (including phenoxy) is 3. The zero-order chi connectivity index (χ0) is 24.8. The van der Waals surface area contributed by atoms with Crippen LogP contribution in [0.2, 0.25) is 0 Å². The molecule has 2 rings (SSSR count). The van der Waals surface area contributed by atoms with Crippen LogP contribution in [0.3, 0.4) is 0 Å². The molecule has 1 aromatic rings. The van der Waals surface area contributed by atoms with Gasteiger partial charge in [0.1, 0.15) is 18.2 Å². The van der Waals surface area contributed by atoms with Crippen molar-refractivity contribution in [2.75, 3.05) is 18.1 Å². The number of esters is 2. The largest absolute Gasteiger partial charge is 0.461 e. The van der Waals surface area contributed by atoms with Crippen molar-refractivity contribution < 1.29 is 33.7 Å². The maximum atomic E-state index is 13.4. The second-order valence-electron chi connectivity index (χ2n) is 9.41. The van der Waals surface area contributed by atoms with E-state index in [1.165, 1.54) is 6.92 Å². The third-order valence-electron chi connectivity index (χ3n) is 4.92. The van der Waals surface area contributed by atoms with Crippen LogP contribution in [0.25, 0.3) is 0 Å². The van der Waals surface area contributed by atoms with Gasteiger partial charge in [-0.15, -0.1) is 0 Å². The summed E-state index contributed by atoms with van der Waals surface area (Å²) in [4.78, 5) is 39.8. The number of aliphatic hydroxyl groups is 1. The molecule has 1 saturated heterocycles. The highest BCUT2D eigenvalue weighted by molar-refractivity contribution is 5.91. The highest BCUT2D eigenvalue weighted by Gasteiger charge is 2.42. The van der Waals surface area contributed by atoms with Crippen molar-refractivity contribution in [2.24, 2.45) is 0 Å². The summed E-state index contributed by atoms with van der Waals surface area (Å²) < 4.78 is 16.3. The van der Waals surface area contributed by atoms with Gasteiger partial charge in [-0.3, -0.25) is 4.79 Å². The fraction of sp³-hybridized carbons (Fsp3) is 0.625. The standard InChI is InChI=1S/C24H36N2O7/c1-15(2)32-23(30)20(16(3)27)25-22(29)21-18(31-14-19(28)33-24(4,5)6)12-13-26(21)17-10-8-7-9-11-17/h7-11,15-16,18,20-21,27H,12-14H2,1-6H3,(H,25,29)/t16-,18+,20+,21+/m1/s1. The molecule has 9 nitrogen and oxygen atoms in total. The van der Waals surface area contributed by atoms with Gasteiger partial charge in [0.2, 0.25) is 5.91 Å². The minimum absolute atomic E-state index is 0.302. The molecule has 0 spiro atoms. The average molecular weight is 465 g/mol. The lowest BCUT2D eigenvalue weighted by Crippen LogP contribution is -2.56. The smallest absolute Gasteiger partial charge is 0.332 e. The second-order valence-corrected chi connectivity index (χ2v) is 9.41. The van der Waals surface area contributed by atoms with Crippen LogP contribution in [0.1, 0.15) is 48.0 Å². The first-order valence-electron chi connectivity index (χ1n) is 11.2. The number of benzene rings is 1. The molecule has 0 bridgehead atoms. The van der Waals surface area contributed by atoms with Crippen molar-refractivity contribution in [3.05, 3.63) is 30.3 Å². The number of hydrogen-bond donors (Lipinski definition) is 2. The van der Waals surface area contributed by atoms with Crippen LogP contribution < -0.4 is 10.2 Å². The van der Waals surface area contributed by atoms with Crippen LogP contribution in [-0.4, -0.2) is 72.1 Å². The van der Waals surface area contributed by atoms with Crippen molar-refractivity contribution in [1.82, 2.24) is 5.32 Å². The van der Waals surface area contributed by atoms with Crippen LogP contribution in [0.5, 0.6) is 0 Å². The number of nitrogens with zero attached hydrogens (tertiary/aromatic N) is 1. The number of nitrogens with one attached hydrogen (secondary N) is 1. The number of rotatable bonds is 9. The van der Waals surface area contributed by atoms with E-state index in [2.05, 4.69) is 5.32 Å². The van der Waals surface area contributed by atoms with Crippen LogP contribution >= 0.6 is 0 Å². The highest BCUT2D eigenvalue weighted by atomic mass is 16.6. The Hall–Kier alpha value is -2.65. The lowest BCUT2D eigenvalue weighted by atomic mass is 10.1. The maximum Gasteiger partial charge on any atom is 0.332 e. The molecule has 1 aromatic carbocycles. The van der Waals surface area contributed by atoms with Crippen molar-refractivity contribution >= 4 is 23.5 Å². The Labute approximate surface area is 195 Å². The fourth-order valence-electron chi connectivity index (χ4n) is 3.62. The monoisotopic (exact) mass is 464 g/mol. The highest BCUT2D eigenvalue weighted by Crippen LogP contribution is 2.28. The van der Waals surface area contributed by atoms with Gasteiger partial charge in [0.25, 0.3) is 0 Å². The molecule has 0 aromatic heterocycles. The first kappa shape index (κ1) is 26.6. The molecule has 1 fully saturated rings. The van der Waals surface area contributed by atoms with Gasteiger partial charge in [0.15, 0.2) is 6.04 Å². The third kappa shape index (κ3) is 8.01. The van der Waals surface area contributed by atoms with Crippen molar-refractivity contribution in [1.29, 1.82) is 0 Å². The Kier molecular flexibility index (Phi) is 9.25. The number of carbonyl (C=O) groups is 3. The minimum Gasteiger partial charge on any atom is -0.461 e. The van der Waals surface area contributed by atoms with E-state index in [1.807, 2.05) is 35.2 Å². The predicted molar refractivity (Wildman–Crippen MR) is 123 cm³/mol. The summed E-state index contributed by atoms with van der Waals surface area (Å²) in [6.07, 6.45) is -1.68.